The molecule has 3 rings (SSSR count). The summed E-state index contributed by atoms with van der Waals surface area (Å²) in [4.78, 5) is 26.3. The number of allylic oxidation sites excluding steroid dienone is 2. The molecule has 1 N–H and O–H groups in total. The number of rotatable bonds is 3. The third-order valence-electron chi connectivity index (χ3n) is 5.91. The van der Waals surface area contributed by atoms with Gasteiger partial charge in [-0.2, -0.15) is 0 Å². The van der Waals surface area contributed by atoms with E-state index in [1.54, 1.807) is 0 Å². The molecule has 0 heterocycles. The third kappa shape index (κ3) is 2.49. The summed E-state index contributed by atoms with van der Waals surface area (Å²) >= 11 is 0. The summed E-state index contributed by atoms with van der Waals surface area (Å²) < 4.78 is 0. The summed E-state index contributed by atoms with van der Waals surface area (Å²) in [6.07, 6.45) is 9.33. The molecule has 0 aliphatic heterocycles. The van der Waals surface area contributed by atoms with Crippen LogP contribution in [0.25, 0.3) is 0 Å². The molecule has 2 saturated carbocycles. The molecule has 2 fully saturated rings. The van der Waals surface area contributed by atoms with Gasteiger partial charge in [-0.05, 0) is 49.9 Å². The monoisotopic (exact) mass is 291 g/mol. The van der Waals surface area contributed by atoms with Crippen molar-refractivity contribution in [1.82, 2.24) is 4.90 Å². The molecule has 0 aromatic carbocycles. The Balaban J connectivity index is 1.72. The van der Waals surface area contributed by atoms with Gasteiger partial charge in [0, 0.05) is 13.1 Å². The molecule has 3 aliphatic rings. The van der Waals surface area contributed by atoms with Gasteiger partial charge in [0.1, 0.15) is 0 Å². The smallest absolute Gasteiger partial charge is 0.307 e. The summed E-state index contributed by atoms with van der Waals surface area (Å²) in [5, 5.41) is 9.48. The molecule has 0 aromatic rings. The average molecular weight is 291 g/mol. The molecule has 21 heavy (non-hydrogen) atoms. The number of carboxylic acid groups (broad SMARTS) is 1. The van der Waals surface area contributed by atoms with Crippen molar-refractivity contribution in [3.05, 3.63) is 12.2 Å². The van der Waals surface area contributed by atoms with Gasteiger partial charge in [0.05, 0.1) is 11.8 Å². The maximum atomic E-state index is 12.9. The highest BCUT2D eigenvalue weighted by molar-refractivity contribution is 5.87. The minimum absolute atomic E-state index is 0.0544. The van der Waals surface area contributed by atoms with Gasteiger partial charge in [-0.3, -0.25) is 9.59 Å². The molecule has 0 spiro atoms. The van der Waals surface area contributed by atoms with Crippen LogP contribution in [0.2, 0.25) is 0 Å². The van der Waals surface area contributed by atoms with Crippen LogP contribution < -0.4 is 0 Å². The predicted octanol–water partition coefficient (Wildman–Crippen LogP) is 2.55. The summed E-state index contributed by atoms with van der Waals surface area (Å²) in [6, 6.07) is 0.297. The van der Waals surface area contributed by atoms with Crippen molar-refractivity contribution in [3.8, 4) is 0 Å². The van der Waals surface area contributed by atoms with Gasteiger partial charge in [-0.1, -0.05) is 19.1 Å². The van der Waals surface area contributed by atoms with Crippen LogP contribution in [-0.4, -0.2) is 35.0 Å². The van der Waals surface area contributed by atoms with Crippen molar-refractivity contribution in [2.45, 2.75) is 45.1 Å². The van der Waals surface area contributed by atoms with Crippen LogP contribution in [-0.2, 0) is 9.59 Å². The standard InChI is InChI=1S/C17H25NO3/c1-10-3-7-13(8-4-10)18(2)16(19)14-11-5-6-12(9-11)15(14)17(20)21/h5-6,10-15H,3-4,7-9H2,1-2H3,(H,20,21)/t10?,11?,12?,13?,14-,15+/m0/s1. The van der Waals surface area contributed by atoms with Crippen LogP contribution in [0.15, 0.2) is 12.2 Å². The highest BCUT2D eigenvalue weighted by Gasteiger charge is 2.52. The lowest BCUT2D eigenvalue weighted by atomic mass is 9.81. The SMILES string of the molecule is CC1CCC(N(C)C(=O)[C@H]2C3C=CC(C3)[C@H]2C(=O)O)CC1. The highest BCUT2D eigenvalue weighted by atomic mass is 16.4. The zero-order valence-electron chi connectivity index (χ0n) is 12.9. The molecule has 2 unspecified atom stereocenters. The Kier molecular flexibility index (Phi) is 3.80. The Labute approximate surface area is 126 Å². The Bertz CT molecular complexity index is 465. The van der Waals surface area contributed by atoms with Crippen LogP contribution in [0.1, 0.15) is 39.0 Å². The molecule has 116 valence electrons. The molecule has 4 atom stereocenters. The van der Waals surface area contributed by atoms with E-state index in [-0.39, 0.29) is 23.7 Å². The molecule has 0 radical (unpaired) electrons. The lowest BCUT2D eigenvalue weighted by Gasteiger charge is -2.37. The van der Waals surface area contributed by atoms with Crippen molar-refractivity contribution in [1.29, 1.82) is 0 Å². The van der Waals surface area contributed by atoms with Gasteiger partial charge in [-0.25, -0.2) is 0 Å². The second-order valence-electron chi connectivity index (χ2n) is 7.20. The van der Waals surface area contributed by atoms with Gasteiger partial charge in [0.25, 0.3) is 0 Å². The number of hydrogen-bond acceptors (Lipinski definition) is 2. The fourth-order valence-electron chi connectivity index (χ4n) is 4.54. The first-order chi connectivity index (χ1) is 9.99. The first kappa shape index (κ1) is 14.6. The minimum Gasteiger partial charge on any atom is -0.481 e. The molecule has 4 nitrogen and oxygen atoms in total. The second kappa shape index (κ2) is 5.47. The molecular weight excluding hydrogens is 266 g/mol. The molecule has 4 heteroatoms. The number of carbonyl (C=O) groups excluding carboxylic acids is 1. The number of aliphatic carboxylic acids is 1. The average Bonchev–Trinajstić information content (AvgIpc) is 3.07. The number of nitrogens with zero attached hydrogens (tertiary/aromatic N) is 1. The molecule has 0 aromatic heterocycles. The lowest BCUT2D eigenvalue weighted by Crippen LogP contribution is -2.46. The topological polar surface area (TPSA) is 57.6 Å². The summed E-state index contributed by atoms with van der Waals surface area (Å²) in [7, 11) is 1.87. The van der Waals surface area contributed by atoms with Crippen LogP contribution in [0.4, 0.5) is 0 Å². The van der Waals surface area contributed by atoms with Crippen molar-refractivity contribution >= 4 is 11.9 Å². The summed E-state index contributed by atoms with van der Waals surface area (Å²) in [5.74, 6) is -0.675. The lowest BCUT2D eigenvalue weighted by molar-refractivity contribution is -0.151. The van der Waals surface area contributed by atoms with Gasteiger partial charge in [0.2, 0.25) is 5.91 Å². The summed E-state index contributed by atoms with van der Waals surface area (Å²) in [5.41, 5.74) is 0. The Morgan fingerprint density at radius 2 is 1.62 bits per heavy atom. The maximum absolute atomic E-state index is 12.9. The van der Waals surface area contributed by atoms with Crippen molar-refractivity contribution in [2.24, 2.45) is 29.6 Å². The van der Waals surface area contributed by atoms with E-state index in [4.69, 9.17) is 0 Å². The minimum atomic E-state index is -0.809. The number of fused-ring (bicyclic) bond motifs is 2. The zero-order chi connectivity index (χ0) is 15.1. The molecular formula is C17H25NO3. The third-order valence-corrected chi connectivity index (χ3v) is 5.91. The maximum Gasteiger partial charge on any atom is 0.307 e. The fraction of sp³-hybridized carbons (Fsp3) is 0.765. The van der Waals surface area contributed by atoms with E-state index in [1.165, 1.54) is 12.8 Å². The van der Waals surface area contributed by atoms with E-state index in [2.05, 4.69) is 13.0 Å². The Morgan fingerprint density at radius 1 is 1.05 bits per heavy atom. The van der Waals surface area contributed by atoms with Crippen LogP contribution in [0.5, 0.6) is 0 Å². The van der Waals surface area contributed by atoms with E-state index >= 15 is 0 Å². The zero-order valence-corrected chi connectivity index (χ0v) is 12.9. The fourth-order valence-corrected chi connectivity index (χ4v) is 4.54. The molecule has 1 amide bonds. The highest BCUT2D eigenvalue weighted by Crippen LogP contribution is 2.49. The Hall–Kier alpha value is -1.32. The number of hydrogen-bond donors (Lipinski definition) is 1. The van der Waals surface area contributed by atoms with Crippen LogP contribution >= 0.6 is 0 Å². The first-order valence-corrected chi connectivity index (χ1v) is 8.17. The summed E-state index contributed by atoms with van der Waals surface area (Å²) in [6.45, 7) is 2.26. The van der Waals surface area contributed by atoms with Gasteiger partial charge >= 0.3 is 5.97 Å². The van der Waals surface area contributed by atoms with Gasteiger partial charge < -0.3 is 10.0 Å². The van der Waals surface area contributed by atoms with E-state index in [1.807, 2.05) is 18.0 Å². The van der Waals surface area contributed by atoms with E-state index in [0.29, 0.717) is 6.04 Å². The molecule has 0 saturated heterocycles. The number of carboxylic acids is 1. The Morgan fingerprint density at radius 3 is 2.19 bits per heavy atom. The van der Waals surface area contributed by atoms with E-state index < -0.39 is 11.9 Å². The van der Waals surface area contributed by atoms with Crippen LogP contribution in [0.3, 0.4) is 0 Å². The van der Waals surface area contributed by atoms with E-state index in [0.717, 1.165) is 25.2 Å². The molecule has 3 aliphatic carbocycles. The van der Waals surface area contributed by atoms with Gasteiger partial charge in [-0.15, -0.1) is 0 Å². The van der Waals surface area contributed by atoms with Crippen molar-refractivity contribution in [3.63, 3.8) is 0 Å². The van der Waals surface area contributed by atoms with Crippen molar-refractivity contribution < 1.29 is 14.7 Å². The quantitative estimate of drug-likeness (QED) is 0.813. The largest absolute Gasteiger partial charge is 0.481 e. The van der Waals surface area contributed by atoms with Crippen molar-refractivity contribution in [2.75, 3.05) is 7.05 Å². The number of amides is 1. The number of carbonyl (C=O) groups is 2. The van der Waals surface area contributed by atoms with E-state index in [9.17, 15) is 14.7 Å². The predicted molar refractivity (Wildman–Crippen MR) is 79.5 cm³/mol. The van der Waals surface area contributed by atoms with Gasteiger partial charge in [0.15, 0.2) is 0 Å². The second-order valence-corrected chi connectivity index (χ2v) is 7.20. The first-order valence-electron chi connectivity index (χ1n) is 8.17. The van der Waals surface area contributed by atoms with Crippen LogP contribution in [0, 0.1) is 29.6 Å². The normalized spacial score (nSPS) is 41.2. The molecule has 2 bridgehead atoms.